The van der Waals surface area contributed by atoms with Crippen molar-refractivity contribution in [2.24, 2.45) is 0 Å². The van der Waals surface area contributed by atoms with Crippen molar-refractivity contribution < 1.29 is 4.79 Å². The van der Waals surface area contributed by atoms with Gasteiger partial charge in [-0.1, -0.05) is 24.6 Å². The van der Waals surface area contributed by atoms with Gasteiger partial charge in [-0.15, -0.1) is 0 Å². The molecule has 2 saturated heterocycles. The lowest BCUT2D eigenvalue weighted by atomic mass is 10.2. The standard InChI is InChI=1S/C19H30N4O/c1-3-20-8-10-21(11-9-20)16-19(24)23-14-12-22(13-15-23)18-6-4-17(2)5-7-18/h4-7H,3,8-16H2,1-2H3. The summed E-state index contributed by atoms with van der Waals surface area (Å²) in [4.78, 5) is 21.7. The Morgan fingerprint density at radius 3 is 2.04 bits per heavy atom. The molecule has 132 valence electrons. The van der Waals surface area contributed by atoms with E-state index in [4.69, 9.17) is 0 Å². The molecule has 0 saturated carbocycles. The number of amides is 1. The Hall–Kier alpha value is -1.59. The first-order valence-corrected chi connectivity index (χ1v) is 9.20. The van der Waals surface area contributed by atoms with Crippen molar-refractivity contribution in [1.29, 1.82) is 0 Å². The molecule has 1 aromatic carbocycles. The lowest BCUT2D eigenvalue weighted by Crippen LogP contribution is -2.53. The third-order valence-corrected chi connectivity index (χ3v) is 5.30. The maximum Gasteiger partial charge on any atom is 0.236 e. The molecule has 0 atom stereocenters. The van der Waals surface area contributed by atoms with Crippen molar-refractivity contribution >= 4 is 11.6 Å². The first-order chi connectivity index (χ1) is 11.7. The zero-order valence-corrected chi connectivity index (χ0v) is 15.1. The average molecular weight is 330 g/mol. The lowest BCUT2D eigenvalue weighted by molar-refractivity contribution is -0.133. The summed E-state index contributed by atoms with van der Waals surface area (Å²) in [5.74, 6) is 0.295. The van der Waals surface area contributed by atoms with Gasteiger partial charge >= 0.3 is 0 Å². The van der Waals surface area contributed by atoms with Gasteiger partial charge in [-0.25, -0.2) is 0 Å². The van der Waals surface area contributed by atoms with Crippen LogP contribution >= 0.6 is 0 Å². The highest BCUT2D eigenvalue weighted by Gasteiger charge is 2.24. The number of rotatable bonds is 4. The monoisotopic (exact) mass is 330 g/mol. The van der Waals surface area contributed by atoms with Crippen LogP contribution in [-0.4, -0.2) is 86.1 Å². The number of benzene rings is 1. The molecule has 1 amide bonds. The second-order valence-corrected chi connectivity index (χ2v) is 6.91. The Labute approximate surface area is 145 Å². The highest BCUT2D eigenvalue weighted by atomic mass is 16.2. The molecule has 2 heterocycles. The molecule has 2 aliphatic rings. The van der Waals surface area contributed by atoms with E-state index in [-0.39, 0.29) is 0 Å². The number of hydrogen-bond acceptors (Lipinski definition) is 4. The van der Waals surface area contributed by atoms with E-state index in [1.807, 2.05) is 4.90 Å². The molecule has 3 rings (SSSR count). The van der Waals surface area contributed by atoms with E-state index in [1.54, 1.807) is 0 Å². The van der Waals surface area contributed by atoms with Crippen LogP contribution in [0.5, 0.6) is 0 Å². The Bertz CT molecular complexity index is 529. The molecule has 1 aromatic rings. The first-order valence-electron chi connectivity index (χ1n) is 9.20. The Kier molecular flexibility index (Phi) is 5.74. The predicted octanol–water partition coefficient (Wildman–Crippen LogP) is 1.28. The molecule has 0 spiro atoms. The highest BCUT2D eigenvalue weighted by molar-refractivity contribution is 5.78. The predicted molar refractivity (Wildman–Crippen MR) is 98.5 cm³/mol. The van der Waals surface area contributed by atoms with Gasteiger partial charge in [0.2, 0.25) is 5.91 Å². The SMILES string of the molecule is CCN1CCN(CC(=O)N2CCN(c3ccc(C)cc3)CC2)CC1. The van der Waals surface area contributed by atoms with Crippen molar-refractivity contribution in [3.63, 3.8) is 0 Å². The van der Waals surface area contributed by atoms with Gasteiger partial charge in [0.05, 0.1) is 6.54 Å². The third-order valence-electron chi connectivity index (χ3n) is 5.30. The summed E-state index contributed by atoms with van der Waals surface area (Å²) in [7, 11) is 0. The molecule has 2 aliphatic heterocycles. The van der Waals surface area contributed by atoms with Gasteiger partial charge in [-0.3, -0.25) is 9.69 Å². The van der Waals surface area contributed by atoms with Crippen molar-refractivity contribution in [2.75, 3.05) is 70.3 Å². The van der Waals surface area contributed by atoms with E-state index in [0.29, 0.717) is 12.5 Å². The molecular formula is C19H30N4O. The fourth-order valence-corrected chi connectivity index (χ4v) is 3.52. The Morgan fingerprint density at radius 1 is 0.875 bits per heavy atom. The highest BCUT2D eigenvalue weighted by Crippen LogP contribution is 2.17. The summed E-state index contributed by atoms with van der Waals surface area (Å²) in [6, 6.07) is 8.67. The number of anilines is 1. The topological polar surface area (TPSA) is 30.0 Å². The normalized spacial score (nSPS) is 20.4. The van der Waals surface area contributed by atoms with Crippen molar-refractivity contribution in [3.8, 4) is 0 Å². The number of carbonyl (C=O) groups excluding carboxylic acids is 1. The van der Waals surface area contributed by atoms with Crippen LogP contribution in [0.15, 0.2) is 24.3 Å². The van der Waals surface area contributed by atoms with Gasteiger partial charge in [-0.05, 0) is 25.6 Å². The molecule has 0 radical (unpaired) electrons. The van der Waals surface area contributed by atoms with Crippen molar-refractivity contribution in [1.82, 2.24) is 14.7 Å². The Balaban J connectivity index is 1.44. The van der Waals surface area contributed by atoms with Crippen LogP contribution in [0.2, 0.25) is 0 Å². The largest absolute Gasteiger partial charge is 0.368 e. The van der Waals surface area contributed by atoms with E-state index >= 15 is 0 Å². The average Bonchev–Trinajstić information content (AvgIpc) is 2.63. The summed E-state index contributed by atoms with van der Waals surface area (Å²) in [6.45, 7) is 13.8. The summed E-state index contributed by atoms with van der Waals surface area (Å²) >= 11 is 0. The van der Waals surface area contributed by atoms with Crippen LogP contribution in [0.25, 0.3) is 0 Å². The Morgan fingerprint density at radius 2 is 1.46 bits per heavy atom. The van der Waals surface area contributed by atoms with Crippen LogP contribution in [0, 0.1) is 6.92 Å². The van der Waals surface area contributed by atoms with Gasteiger partial charge < -0.3 is 14.7 Å². The third kappa shape index (κ3) is 4.28. The zero-order valence-electron chi connectivity index (χ0n) is 15.1. The van der Waals surface area contributed by atoms with Crippen LogP contribution in [-0.2, 0) is 4.79 Å². The van der Waals surface area contributed by atoms with Crippen LogP contribution in [0.3, 0.4) is 0 Å². The van der Waals surface area contributed by atoms with E-state index in [9.17, 15) is 4.79 Å². The molecule has 0 unspecified atom stereocenters. The van der Waals surface area contributed by atoms with E-state index in [1.165, 1.54) is 11.3 Å². The number of likely N-dealkylation sites (N-methyl/N-ethyl adjacent to an activating group) is 1. The molecule has 5 heteroatoms. The summed E-state index contributed by atoms with van der Waals surface area (Å²) in [5.41, 5.74) is 2.55. The second kappa shape index (κ2) is 7.99. The minimum atomic E-state index is 0.295. The smallest absolute Gasteiger partial charge is 0.236 e. The number of piperazine rings is 2. The minimum Gasteiger partial charge on any atom is -0.368 e. The molecule has 0 N–H and O–H groups in total. The lowest BCUT2D eigenvalue weighted by Gasteiger charge is -2.38. The summed E-state index contributed by atoms with van der Waals surface area (Å²) in [5, 5.41) is 0. The summed E-state index contributed by atoms with van der Waals surface area (Å²) in [6.07, 6.45) is 0. The maximum absolute atomic E-state index is 12.6. The fraction of sp³-hybridized carbons (Fsp3) is 0.632. The molecule has 2 fully saturated rings. The van der Waals surface area contributed by atoms with Crippen molar-refractivity contribution in [3.05, 3.63) is 29.8 Å². The number of carbonyl (C=O) groups is 1. The number of nitrogens with zero attached hydrogens (tertiary/aromatic N) is 4. The number of hydrogen-bond donors (Lipinski definition) is 0. The summed E-state index contributed by atoms with van der Waals surface area (Å²) < 4.78 is 0. The van der Waals surface area contributed by atoms with Crippen LogP contribution in [0.4, 0.5) is 5.69 Å². The van der Waals surface area contributed by atoms with Crippen LogP contribution < -0.4 is 4.90 Å². The molecular weight excluding hydrogens is 300 g/mol. The fourth-order valence-electron chi connectivity index (χ4n) is 3.52. The van der Waals surface area contributed by atoms with E-state index < -0.39 is 0 Å². The van der Waals surface area contributed by atoms with Gasteiger partial charge in [0.15, 0.2) is 0 Å². The molecule has 0 aromatic heterocycles. The van der Waals surface area contributed by atoms with Gasteiger partial charge in [-0.2, -0.15) is 0 Å². The molecule has 0 bridgehead atoms. The molecule has 24 heavy (non-hydrogen) atoms. The number of aryl methyl sites for hydroxylation is 1. The van der Waals surface area contributed by atoms with Gasteiger partial charge in [0.1, 0.15) is 0 Å². The minimum absolute atomic E-state index is 0.295. The molecule has 0 aliphatic carbocycles. The molecule has 5 nitrogen and oxygen atoms in total. The second-order valence-electron chi connectivity index (χ2n) is 6.91. The quantitative estimate of drug-likeness (QED) is 0.832. The zero-order chi connectivity index (χ0) is 16.9. The van der Waals surface area contributed by atoms with E-state index in [2.05, 4.69) is 52.8 Å². The van der Waals surface area contributed by atoms with Crippen molar-refractivity contribution in [2.45, 2.75) is 13.8 Å². The van der Waals surface area contributed by atoms with Gasteiger partial charge in [0, 0.05) is 58.0 Å². The van der Waals surface area contributed by atoms with Gasteiger partial charge in [0.25, 0.3) is 0 Å². The maximum atomic E-state index is 12.6. The van der Waals surface area contributed by atoms with E-state index in [0.717, 1.165) is 58.9 Å². The van der Waals surface area contributed by atoms with Crippen LogP contribution in [0.1, 0.15) is 12.5 Å². The first kappa shape index (κ1) is 17.2.